The number of para-hydroxylation sites is 1. The van der Waals surface area contributed by atoms with E-state index in [2.05, 4.69) is 0 Å². The number of aromatic carboxylic acids is 1. The van der Waals surface area contributed by atoms with Gasteiger partial charge in [-0.15, -0.1) is 0 Å². The Morgan fingerprint density at radius 2 is 1.82 bits per heavy atom. The average Bonchev–Trinajstić information content (AvgIpc) is 2.55. The molecule has 0 unspecified atom stereocenters. The van der Waals surface area contributed by atoms with Crippen LogP contribution in [0, 0.1) is 0 Å². The summed E-state index contributed by atoms with van der Waals surface area (Å²) in [5.41, 5.74) is 1.26. The zero-order valence-corrected chi connectivity index (χ0v) is 12.0. The van der Waals surface area contributed by atoms with Gasteiger partial charge in [-0.25, -0.2) is 4.79 Å². The summed E-state index contributed by atoms with van der Waals surface area (Å²) >= 11 is 0. The van der Waals surface area contributed by atoms with Crippen molar-refractivity contribution in [3.8, 4) is 11.3 Å². The van der Waals surface area contributed by atoms with Crippen LogP contribution in [0.3, 0.4) is 0 Å². The van der Waals surface area contributed by atoms with Crippen molar-refractivity contribution < 1.29 is 14.3 Å². The summed E-state index contributed by atoms with van der Waals surface area (Å²) in [4.78, 5) is 24.0. The maximum Gasteiger partial charge on any atom is 0.339 e. The minimum absolute atomic E-state index is 0.00515. The van der Waals surface area contributed by atoms with E-state index in [-0.39, 0.29) is 16.6 Å². The fourth-order valence-corrected chi connectivity index (χ4v) is 2.57. The highest BCUT2D eigenvalue weighted by Crippen LogP contribution is 2.27. The summed E-state index contributed by atoms with van der Waals surface area (Å²) in [7, 11) is 0. The third kappa shape index (κ3) is 2.19. The van der Waals surface area contributed by atoms with Crippen molar-refractivity contribution in [1.29, 1.82) is 0 Å². The smallest absolute Gasteiger partial charge is 0.339 e. The van der Waals surface area contributed by atoms with Gasteiger partial charge in [0, 0.05) is 11.1 Å². The zero-order valence-electron chi connectivity index (χ0n) is 12.0. The molecule has 1 aromatic heterocycles. The Hall–Kier alpha value is -2.88. The van der Waals surface area contributed by atoms with Gasteiger partial charge in [0.15, 0.2) is 11.0 Å². The maximum atomic E-state index is 12.7. The van der Waals surface area contributed by atoms with Gasteiger partial charge in [0.2, 0.25) is 0 Å². The summed E-state index contributed by atoms with van der Waals surface area (Å²) in [6, 6.07) is 13.8. The first-order valence-corrected chi connectivity index (χ1v) is 7.01. The molecule has 0 aliphatic rings. The number of hydrogen-bond acceptors (Lipinski definition) is 3. The van der Waals surface area contributed by atoms with Gasteiger partial charge in [0.25, 0.3) is 0 Å². The largest absolute Gasteiger partial charge is 0.478 e. The number of carboxylic acid groups (broad SMARTS) is 1. The lowest BCUT2D eigenvalue weighted by Crippen LogP contribution is -2.12. The molecule has 0 aliphatic carbocycles. The molecule has 0 saturated carbocycles. The first-order valence-electron chi connectivity index (χ1n) is 7.01. The van der Waals surface area contributed by atoms with Gasteiger partial charge in [0.1, 0.15) is 11.3 Å². The molecule has 0 amide bonds. The van der Waals surface area contributed by atoms with Crippen LogP contribution in [-0.2, 0) is 6.42 Å². The minimum Gasteiger partial charge on any atom is -0.478 e. The molecular weight excluding hydrogens is 280 g/mol. The molecule has 1 heterocycles. The average molecular weight is 294 g/mol. The van der Waals surface area contributed by atoms with Crippen LogP contribution < -0.4 is 5.43 Å². The molecule has 2 aromatic carbocycles. The molecule has 0 bridgehead atoms. The third-order valence-electron chi connectivity index (χ3n) is 3.63. The van der Waals surface area contributed by atoms with Crippen molar-refractivity contribution in [2.75, 3.05) is 0 Å². The second-order valence-corrected chi connectivity index (χ2v) is 4.95. The van der Waals surface area contributed by atoms with Crippen LogP contribution in [0.5, 0.6) is 0 Å². The van der Waals surface area contributed by atoms with Crippen molar-refractivity contribution in [1.82, 2.24) is 0 Å². The quantitative estimate of drug-likeness (QED) is 0.799. The normalized spacial score (nSPS) is 10.8. The van der Waals surface area contributed by atoms with Crippen molar-refractivity contribution in [2.45, 2.75) is 13.3 Å². The fourth-order valence-electron chi connectivity index (χ4n) is 2.57. The molecule has 110 valence electrons. The van der Waals surface area contributed by atoms with E-state index < -0.39 is 5.97 Å². The minimum atomic E-state index is -1.11. The molecule has 22 heavy (non-hydrogen) atoms. The molecule has 0 spiro atoms. The monoisotopic (exact) mass is 294 g/mol. The third-order valence-corrected chi connectivity index (χ3v) is 3.63. The standard InChI is InChI=1S/C18H14O4/c1-2-12-15(19)13-9-6-10-14(18(20)21)17(13)22-16(12)11-7-4-3-5-8-11/h3-10H,2H2,1H3,(H,20,21). The van der Waals surface area contributed by atoms with Gasteiger partial charge in [-0.1, -0.05) is 43.3 Å². The molecule has 4 heteroatoms. The van der Waals surface area contributed by atoms with E-state index >= 15 is 0 Å². The lowest BCUT2D eigenvalue weighted by Gasteiger charge is -2.10. The predicted molar refractivity (Wildman–Crippen MR) is 84.3 cm³/mol. The van der Waals surface area contributed by atoms with Crippen LogP contribution in [0.2, 0.25) is 0 Å². The molecule has 0 fully saturated rings. The Labute approximate surface area is 126 Å². The predicted octanol–water partition coefficient (Wildman–Crippen LogP) is 3.72. The first-order chi connectivity index (χ1) is 10.6. The Balaban J connectivity index is 2.45. The van der Waals surface area contributed by atoms with Crippen LogP contribution in [0.4, 0.5) is 0 Å². The number of carboxylic acids is 1. The van der Waals surface area contributed by atoms with Crippen LogP contribution in [0.15, 0.2) is 57.7 Å². The molecule has 3 aromatic rings. The number of hydrogen-bond donors (Lipinski definition) is 1. The highest BCUT2D eigenvalue weighted by molar-refractivity contribution is 6.01. The first kappa shape index (κ1) is 14.1. The van der Waals surface area contributed by atoms with Crippen molar-refractivity contribution in [3.63, 3.8) is 0 Å². The lowest BCUT2D eigenvalue weighted by molar-refractivity contribution is 0.0698. The Bertz CT molecular complexity index is 908. The van der Waals surface area contributed by atoms with Crippen molar-refractivity contribution >= 4 is 16.9 Å². The van der Waals surface area contributed by atoms with E-state index in [1.54, 1.807) is 12.1 Å². The second-order valence-electron chi connectivity index (χ2n) is 4.95. The fraction of sp³-hybridized carbons (Fsp3) is 0.111. The second kappa shape index (κ2) is 5.48. The Kier molecular flexibility index (Phi) is 3.51. The molecule has 0 radical (unpaired) electrons. The van der Waals surface area contributed by atoms with Crippen LogP contribution in [0.1, 0.15) is 22.8 Å². The molecule has 4 nitrogen and oxygen atoms in total. The van der Waals surface area contributed by atoms with Crippen molar-refractivity contribution in [3.05, 3.63) is 69.9 Å². The molecule has 3 rings (SSSR count). The van der Waals surface area contributed by atoms with E-state index in [0.717, 1.165) is 5.56 Å². The topological polar surface area (TPSA) is 67.5 Å². The summed E-state index contributed by atoms with van der Waals surface area (Å²) in [6.07, 6.45) is 0.514. The van der Waals surface area contributed by atoms with Gasteiger partial charge in [-0.05, 0) is 18.6 Å². The highest BCUT2D eigenvalue weighted by Gasteiger charge is 2.18. The van der Waals surface area contributed by atoms with E-state index in [1.165, 1.54) is 6.07 Å². The van der Waals surface area contributed by atoms with E-state index in [9.17, 15) is 14.7 Å². The molecule has 0 atom stereocenters. The number of rotatable bonds is 3. The van der Waals surface area contributed by atoms with Crippen LogP contribution in [-0.4, -0.2) is 11.1 Å². The summed E-state index contributed by atoms with van der Waals surface area (Å²) in [6.45, 7) is 1.88. The van der Waals surface area contributed by atoms with Gasteiger partial charge < -0.3 is 9.52 Å². The SMILES string of the molecule is CCc1c(-c2ccccc2)oc2c(C(=O)O)cccc2c1=O. The zero-order chi connectivity index (χ0) is 15.7. The summed E-state index contributed by atoms with van der Waals surface area (Å²) in [5, 5.41) is 9.60. The number of carbonyl (C=O) groups is 1. The summed E-state index contributed by atoms with van der Waals surface area (Å²) < 4.78 is 5.86. The van der Waals surface area contributed by atoms with E-state index in [1.807, 2.05) is 37.3 Å². The number of fused-ring (bicyclic) bond motifs is 1. The van der Waals surface area contributed by atoms with E-state index in [0.29, 0.717) is 23.1 Å². The molecule has 1 N–H and O–H groups in total. The van der Waals surface area contributed by atoms with Gasteiger partial charge in [0.05, 0.1) is 5.39 Å². The van der Waals surface area contributed by atoms with E-state index in [4.69, 9.17) is 4.42 Å². The van der Waals surface area contributed by atoms with Crippen LogP contribution in [0.25, 0.3) is 22.3 Å². The molecular formula is C18H14O4. The maximum absolute atomic E-state index is 12.7. The number of benzene rings is 2. The van der Waals surface area contributed by atoms with Gasteiger partial charge in [-0.2, -0.15) is 0 Å². The Morgan fingerprint density at radius 3 is 2.45 bits per heavy atom. The van der Waals surface area contributed by atoms with Gasteiger partial charge in [-0.3, -0.25) is 4.79 Å². The summed E-state index contributed by atoms with van der Waals surface area (Å²) in [5.74, 6) is -0.675. The molecule has 0 saturated heterocycles. The lowest BCUT2D eigenvalue weighted by atomic mass is 10.0. The van der Waals surface area contributed by atoms with Crippen molar-refractivity contribution in [2.24, 2.45) is 0 Å². The van der Waals surface area contributed by atoms with Gasteiger partial charge >= 0.3 is 5.97 Å². The highest BCUT2D eigenvalue weighted by atomic mass is 16.4. The molecule has 0 aliphatic heterocycles. The Morgan fingerprint density at radius 1 is 1.09 bits per heavy atom. The van der Waals surface area contributed by atoms with Crippen LogP contribution >= 0.6 is 0 Å².